The van der Waals surface area contributed by atoms with Crippen molar-refractivity contribution >= 4 is 41.8 Å². The van der Waals surface area contributed by atoms with Crippen LogP contribution in [0.1, 0.15) is 59.3 Å². The molecular weight excluding hydrogens is 689 g/mol. The van der Waals surface area contributed by atoms with E-state index < -0.39 is 50.8 Å². The summed E-state index contributed by atoms with van der Waals surface area (Å²) in [5.41, 5.74) is 8.03. The number of anilines is 1. The second-order valence-electron chi connectivity index (χ2n) is 15.2. The van der Waals surface area contributed by atoms with Crippen LogP contribution in [-0.4, -0.2) is 70.7 Å². The standard InChI is InChI=1S/C40H48N6O6Si/c1-39(2,3)53(29-17-11-7-12-18-29,30-19-13-8-14-20-30)49-22-21-28(45-38(47)48-24-27-15-9-6-10-16-27)23-31-33-34(52-40(4,5)51-33)37(50-31)46-26-44-32-35(41)42-25-43-36(32)46/h6-20,25-26,28,31,33-34,37H,21-24H2,1-5H3,(H,45,47)(H2,41,42,43)/t28?,31-,33-,34-,37-/m1/s1. The summed E-state index contributed by atoms with van der Waals surface area (Å²) in [5, 5.41) is 5.31. The van der Waals surface area contributed by atoms with Crippen molar-refractivity contribution in [3.8, 4) is 0 Å². The highest BCUT2D eigenvalue weighted by Gasteiger charge is 2.56. The lowest BCUT2D eigenvalue weighted by atomic mass is 10.0. The molecule has 2 fully saturated rings. The summed E-state index contributed by atoms with van der Waals surface area (Å²) < 4.78 is 34.4. The molecule has 5 atom stereocenters. The maximum Gasteiger partial charge on any atom is 0.407 e. The van der Waals surface area contributed by atoms with Crippen molar-refractivity contribution in [3.05, 3.63) is 109 Å². The van der Waals surface area contributed by atoms with Crippen molar-refractivity contribution < 1.29 is 28.2 Å². The van der Waals surface area contributed by atoms with Crippen LogP contribution < -0.4 is 21.4 Å². The lowest BCUT2D eigenvalue weighted by Gasteiger charge is -2.43. The quantitative estimate of drug-likeness (QED) is 0.158. The molecule has 0 bridgehead atoms. The van der Waals surface area contributed by atoms with Crippen LogP contribution in [0.2, 0.25) is 5.04 Å². The fourth-order valence-corrected chi connectivity index (χ4v) is 12.3. The number of rotatable bonds is 12. The molecule has 0 spiro atoms. The average molecular weight is 737 g/mol. The van der Waals surface area contributed by atoms with Crippen molar-refractivity contribution in [2.45, 2.75) is 95.5 Å². The number of ether oxygens (including phenoxy) is 4. The zero-order valence-corrected chi connectivity index (χ0v) is 31.8. The number of hydrogen-bond acceptors (Lipinski definition) is 10. The van der Waals surface area contributed by atoms with E-state index in [1.165, 1.54) is 16.7 Å². The van der Waals surface area contributed by atoms with Gasteiger partial charge < -0.3 is 34.4 Å². The van der Waals surface area contributed by atoms with Crippen molar-refractivity contribution in [2.24, 2.45) is 0 Å². The van der Waals surface area contributed by atoms with E-state index in [0.29, 0.717) is 30.6 Å². The smallest absolute Gasteiger partial charge is 0.407 e. The van der Waals surface area contributed by atoms with Gasteiger partial charge in [0.15, 0.2) is 23.5 Å². The molecule has 1 amide bonds. The summed E-state index contributed by atoms with van der Waals surface area (Å²) in [6, 6.07) is 30.2. The Morgan fingerprint density at radius 2 is 1.55 bits per heavy atom. The van der Waals surface area contributed by atoms with Crippen LogP contribution >= 0.6 is 0 Å². The molecule has 12 nitrogen and oxygen atoms in total. The minimum absolute atomic E-state index is 0.147. The molecule has 0 saturated carbocycles. The predicted octanol–water partition coefficient (Wildman–Crippen LogP) is 5.48. The first kappa shape index (κ1) is 36.7. The molecule has 3 N–H and O–H groups in total. The minimum Gasteiger partial charge on any atom is -0.445 e. The number of fused-ring (bicyclic) bond motifs is 2. The Hall–Kier alpha value is -4.66. The fourth-order valence-electron chi connectivity index (χ4n) is 7.71. The minimum atomic E-state index is -2.83. The number of carbonyl (C=O) groups excluding carboxylic acids is 1. The van der Waals surface area contributed by atoms with Gasteiger partial charge in [-0.2, -0.15) is 0 Å². The lowest BCUT2D eigenvalue weighted by molar-refractivity contribution is -0.197. The highest BCUT2D eigenvalue weighted by Crippen LogP contribution is 2.45. The maximum atomic E-state index is 13.4. The first-order chi connectivity index (χ1) is 25.4. The Balaban J connectivity index is 1.16. The highest BCUT2D eigenvalue weighted by atomic mass is 28.4. The Morgan fingerprint density at radius 3 is 2.19 bits per heavy atom. The third-order valence-corrected chi connectivity index (χ3v) is 15.1. The number of nitrogen functional groups attached to an aromatic ring is 1. The van der Waals surface area contributed by atoms with Crippen LogP contribution in [0.4, 0.5) is 10.6 Å². The van der Waals surface area contributed by atoms with Gasteiger partial charge in [-0.25, -0.2) is 19.7 Å². The SMILES string of the molecule is CC1(C)O[C@@H]2[C@H](O1)[C@@H](CC(CCO[Si](c1ccccc1)(c1ccccc1)C(C)(C)C)NC(=O)OCc1ccccc1)O[C@H]2n1cnc2c(N)ncnc21. The zero-order chi connectivity index (χ0) is 37.2. The number of amides is 1. The van der Waals surface area contributed by atoms with Crippen molar-refractivity contribution in [2.75, 3.05) is 12.3 Å². The van der Waals surface area contributed by atoms with Crippen LogP contribution in [0, 0.1) is 0 Å². The number of imidazole rings is 1. The Kier molecular flexibility index (Phi) is 10.4. The molecule has 0 radical (unpaired) electrons. The number of alkyl carbamates (subject to hydrolysis) is 1. The average Bonchev–Trinajstić information content (AvgIpc) is 3.81. The van der Waals surface area contributed by atoms with Gasteiger partial charge in [-0.15, -0.1) is 0 Å². The second-order valence-corrected chi connectivity index (χ2v) is 19.5. The first-order valence-corrected chi connectivity index (χ1v) is 20.0. The van der Waals surface area contributed by atoms with E-state index in [2.05, 4.69) is 89.6 Å². The van der Waals surface area contributed by atoms with Crippen molar-refractivity contribution in [3.63, 3.8) is 0 Å². The maximum absolute atomic E-state index is 13.4. The fraction of sp³-hybridized carbons (Fsp3) is 0.400. The Bertz CT molecular complexity index is 1950. The van der Waals surface area contributed by atoms with Gasteiger partial charge in [-0.3, -0.25) is 4.57 Å². The van der Waals surface area contributed by atoms with E-state index in [9.17, 15) is 4.79 Å². The topological polar surface area (TPSA) is 145 Å². The van der Waals surface area contributed by atoms with Gasteiger partial charge >= 0.3 is 6.09 Å². The number of hydrogen-bond donors (Lipinski definition) is 2. The van der Waals surface area contributed by atoms with Gasteiger partial charge in [-0.05, 0) is 47.7 Å². The van der Waals surface area contributed by atoms with Crippen LogP contribution in [-0.2, 0) is 30.0 Å². The van der Waals surface area contributed by atoms with Crippen LogP contribution in [0.3, 0.4) is 0 Å². The Labute approximate surface area is 311 Å². The number of benzene rings is 3. The summed E-state index contributed by atoms with van der Waals surface area (Å²) in [6.07, 6.45) is 1.45. The number of nitrogens with two attached hydrogens (primary N) is 1. The largest absolute Gasteiger partial charge is 0.445 e. The van der Waals surface area contributed by atoms with E-state index >= 15 is 0 Å². The van der Waals surface area contributed by atoms with Crippen molar-refractivity contribution in [1.82, 2.24) is 24.8 Å². The lowest BCUT2D eigenvalue weighted by Crippen LogP contribution is -2.66. The predicted molar refractivity (Wildman–Crippen MR) is 204 cm³/mol. The van der Waals surface area contributed by atoms with Gasteiger partial charge in [0.2, 0.25) is 0 Å². The summed E-state index contributed by atoms with van der Waals surface area (Å²) in [6.45, 7) is 11.1. The molecule has 1 unspecified atom stereocenters. The zero-order valence-electron chi connectivity index (χ0n) is 30.8. The van der Waals surface area contributed by atoms with Gasteiger partial charge in [0.1, 0.15) is 30.7 Å². The van der Waals surface area contributed by atoms with E-state index in [0.717, 1.165) is 5.56 Å². The summed E-state index contributed by atoms with van der Waals surface area (Å²) in [5.74, 6) is -0.577. The molecule has 53 heavy (non-hydrogen) atoms. The molecule has 2 aliphatic rings. The van der Waals surface area contributed by atoms with Gasteiger partial charge in [0.05, 0.1) is 12.4 Å². The van der Waals surface area contributed by atoms with Crippen LogP contribution in [0.15, 0.2) is 104 Å². The van der Waals surface area contributed by atoms with E-state index in [4.69, 9.17) is 29.1 Å². The molecule has 278 valence electrons. The third kappa shape index (κ3) is 7.57. The number of aromatic nitrogens is 4. The monoisotopic (exact) mass is 736 g/mol. The molecule has 2 aromatic heterocycles. The molecular formula is C40H48N6O6Si. The Morgan fingerprint density at radius 1 is 0.925 bits per heavy atom. The van der Waals surface area contributed by atoms with E-state index in [1.54, 1.807) is 6.33 Å². The second kappa shape index (κ2) is 15.0. The number of carbonyl (C=O) groups is 1. The molecule has 7 rings (SSSR count). The molecule has 0 aliphatic carbocycles. The molecule has 13 heteroatoms. The summed E-state index contributed by atoms with van der Waals surface area (Å²) in [4.78, 5) is 26.4. The molecule has 5 aromatic rings. The highest BCUT2D eigenvalue weighted by molar-refractivity contribution is 6.99. The summed E-state index contributed by atoms with van der Waals surface area (Å²) in [7, 11) is -2.83. The molecule has 3 aromatic carbocycles. The van der Waals surface area contributed by atoms with E-state index in [1.807, 2.05) is 60.9 Å². The van der Waals surface area contributed by atoms with E-state index in [-0.39, 0.29) is 17.5 Å². The number of nitrogens with zero attached hydrogens (tertiary/aromatic N) is 4. The molecule has 2 saturated heterocycles. The van der Waals surface area contributed by atoms with Crippen molar-refractivity contribution in [1.29, 1.82) is 0 Å². The van der Waals surface area contributed by atoms with Gasteiger partial charge in [-0.1, -0.05) is 112 Å². The van der Waals surface area contributed by atoms with Gasteiger partial charge in [0, 0.05) is 12.6 Å². The normalized spacial score (nSPS) is 21.7. The first-order valence-electron chi connectivity index (χ1n) is 18.1. The molecule has 2 aliphatic heterocycles. The van der Waals surface area contributed by atoms with Crippen LogP contribution in [0.25, 0.3) is 11.2 Å². The van der Waals surface area contributed by atoms with Crippen LogP contribution in [0.5, 0.6) is 0 Å². The number of nitrogens with one attached hydrogen (secondary N) is 1. The summed E-state index contributed by atoms with van der Waals surface area (Å²) >= 11 is 0. The third-order valence-electron chi connectivity index (χ3n) is 10.0. The van der Waals surface area contributed by atoms with Gasteiger partial charge in [0.25, 0.3) is 8.32 Å². The molecule has 4 heterocycles.